The van der Waals surface area contributed by atoms with Gasteiger partial charge in [-0.05, 0) is 18.7 Å². The van der Waals surface area contributed by atoms with Gasteiger partial charge in [0.25, 0.3) is 0 Å². The molecular weight excluding hydrogens is 174 g/mol. The zero-order chi connectivity index (χ0) is 9.40. The first-order chi connectivity index (χ1) is 5.72. The lowest BCUT2D eigenvalue weighted by molar-refractivity contribution is -0.138. The summed E-state index contributed by atoms with van der Waals surface area (Å²) in [5.74, 6) is 0.951. The van der Waals surface area contributed by atoms with Crippen molar-refractivity contribution in [3.8, 4) is 0 Å². The van der Waals surface area contributed by atoms with Gasteiger partial charge in [0.2, 0.25) is 0 Å². The summed E-state index contributed by atoms with van der Waals surface area (Å²) >= 11 is 1.69. The first-order valence-corrected chi connectivity index (χ1v) is 5.41. The maximum atomic E-state index is 10.6. The fraction of sp³-hybridized carbons (Fsp3) is 0.875. The highest BCUT2D eigenvalue weighted by atomic mass is 32.2. The fourth-order valence-corrected chi connectivity index (χ4v) is 1.76. The first-order valence-electron chi connectivity index (χ1n) is 4.26. The summed E-state index contributed by atoms with van der Waals surface area (Å²) in [7, 11) is 0. The molecule has 0 radical (unpaired) electrons. The van der Waals surface area contributed by atoms with Crippen molar-refractivity contribution in [2.24, 2.45) is 0 Å². The number of hydrogen-bond acceptors (Lipinski definition) is 3. The van der Waals surface area contributed by atoms with Crippen LogP contribution >= 0.6 is 11.8 Å². The molecule has 3 nitrogen and oxygen atoms in total. The molecule has 1 unspecified atom stereocenters. The van der Waals surface area contributed by atoms with Crippen molar-refractivity contribution in [3.63, 3.8) is 0 Å². The van der Waals surface area contributed by atoms with Crippen molar-refractivity contribution in [1.82, 2.24) is 5.32 Å². The van der Waals surface area contributed by atoms with Crippen LogP contribution in [0, 0.1) is 0 Å². The molecule has 0 heterocycles. The summed E-state index contributed by atoms with van der Waals surface area (Å²) in [5.41, 5.74) is 0. The maximum Gasteiger partial charge on any atom is 0.321 e. The third-order valence-electron chi connectivity index (χ3n) is 1.38. The Balaban J connectivity index is 3.56. The molecule has 0 aliphatic carbocycles. The third kappa shape index (κ3) is 5.43. The molecule has 0 saturated heterocycles. The Kier molecular flexibility index (Phi) is 7.29. The lowest BCUT2D eigenvalue weighted by atomic mass is 10.3. The average Bonchev–Trinajstić information content (AvgIpc) is 2.03. The fourth-order valence-electron chi connectivity index (χ4n) is 0.809. The van der Waals surface area contributed by atoms with E-state index in [4.69, 9.17) is 5.11 Å². The maximum absolute atomic E-state index is 10.6. The van der Waals surface area contributed by atoms with E-state index in [1.54, 1.807) is 11.8 Å². The van der Waals surface area contributed by atoms with Crippen LogP contribution in [0.15, 0.2) is 0 Å². The van der Waals surface area contributed by atoms with E-state index in [1.807, 2.05) is 6.92 Å². The molecule has 72 valence electrons. The van der Waals surface area contributed by atoms with Gasteiger partial charge in [-0.3, -0.25) is 4.79 Å². The van der Waals surface area contributed by atoms with E-state index in [-0.39, 0.29) is 6.04 Å². The van der Waals surface area contributed by atoms with E-state index < -0.39 is 5.97 Å². The van der Waals surface area contributed by atoms with E-state index in [1.165, 1.54) is 0 Å². The van der Waals surface area contributed by atoms with Crippen LogP contribution in [-0.4, -0.2) is 35.2 Å². The molecule has 0 spiro atoms. The Morgan fingerprint density at radius 1 is 1.58 bits per heavy atom. The molecule has 1 atom stereocenters. The number of likely N-dealkylation sites (N-methyl/N-ethyl adjacent to an activating group) is 1. The Hall–Kier alpha value is -0.220. The number of aliphatic carboxylic acids is 1. The van der Waals surface area contributed by atoms with Crippen molar-refractivity contribution < 1.29 is 9.90 Å². The molecule has 0 aliphatic heterocycles. The molecule has 0 bridgehead atoms. The molecule has 0 aliphatic rings. The molecule has 4 heteroatoms. The smallest absolute Gasteiger partial charge is 0.321 e. The standard InChI is InChI=1S/C8H17NO2S/c1-3-5-12-6-7(8(10)11)9-4-2/h7,9H,3-6H2,1-2H3,(H,10,11). The van der Waals surface area contributed by atoms with Crippen molar-refractivity contribution in [2.75, 3.05) is 18.1 Å². The normalized spacial score (nSPS) is 12.8. The SMILES string of the molecule is CCCSCC(NCC)C(=O)O. The van der Waals surface area contributed by atoms with Gasteiger partial charge < -0.3 is 10.4 Å². The van der Waals surface area contributed by atoms with Crippen LogP contribution in [0.5, 0.6) is 0 Å². The predicted octanol–water partition coefficient (Wildman–Crippen LogP) is 1.19. The Bertz CT molecular complexity index is 130. The van der Waals surface area contributed by atoms with Gasteiger partial charge in [0, 0.05) is 5.75 Å². The molecule has 0 aromatic rings. The summed E-state index contributed by atoms with van der Waals surface area (Å²) in [5, 5.41) is 11.6. The van der Waals surface area contributed by atoms with Gasteiger partial charge in [-0.15, -0.1) is 0 Å². The zero-order valence-corrected chi connectivity index (χ0v) is 8.49. The largest absolute Gasteiger partial charge is 0.480 e. The Morgan fingerprint density at radius 2 is 2.25 bits per heavy atom. The summed E-state index contributed by atoms with van der Waals surface area (Å²) in [4.78, 5) is 10.6. The number of carbonyl (C=O) groups is 1. The monoisotopic (exact) mass is 191 g/mol. The Morgan fingerprint density at radius 3 is 2.67 bits per heavy atom. The van der Waals surface area contributed by atoms with Gasteiger partial charge in [0.1, 0.15) is 6.04 Å². The summed E-state index contributed by atoms with van der Waals surface area (Å²) in [6.45, 7) is 4.72. The molecule has 0 aromatic carbocycles. The number of carboxylic acids is 1. The molecule has 12 heavy (non-hydrogen) atoms. The second-order valence-corrected chi connectivity index (χ2v) is 3.67. The minimum Gasteiger partial charge on any atom is -0.480 e. The van der Waals surface area contributed by atoms with Gasteiger partial charge in [0.05, 0.1) is 0 Å². The van der Waals surface area contributed by atoms with E-state index >= 15 is 0 Å². The first kappa shape index (κ1) is 11.8. The molecule has 0 saturated carbocycles. The number of nitrogens with one attached hydrogen (secondary N) is 1. The van der Waals surface area contributed by atoms with E-state index in [2.05, 4.69) is 12.2 Å². The topological polar surface area (TPSA) is 49.3 Å². The van der Waals surface area contributed by atoms with Crippen LogP contribution in [0.3, 0.4) is 0 Å². The van der Waals surface area contributed by atoms with E-state index in [0.717, 1.165) is 12.2 Å². The van der Waals surface area contributed by atoms with Crippen molar-refractivity contribution in [2.45, 2.75) is 26.3 Å². The lowest BCUT2D eigenvalue weighted by Crippen LogP contribution is -2.38. The zero-order valence-electron chi connectivity index (χ0n) is 7.67. The third-order valence-corrected chi connectivity index (χ3v) is 2.65. The number of rotatable bonds is 7. The van der Waals surface area contributed by atoms with Crippen molar-refractivity contribution in [3.05, 3.63) is 0 Å². The average molecular weight is 191 g/mol. The second kappa shape index (κ2) is 7.43. The highest BCUT2D eigenvalue weighted by molar-refractivity contribution is 7.99. The number of hydrogen-bond donors (Lipinski definition) is 2. The van der Waals surface area contributed by atoms with Gasteiger partial charge >= 0.3 is 5.97 Å². The van der Waals surface area contributed by atoms with E-state index in [0.29, 0.717) is 12.3 Å². The second-order valence-electron chi connectivity index (χ2n) is 2.52. The molecular formula is C8H17NO2S. The van der Waals surface area contributed by atoms with Gasteiger partial charge in [-0.25, -0.2) is 0 Å². The minimum atomic E-state index is -0.750. The highest BCUT2D eigenvalue weighted by Crippen LogP contribution is 2.04. The van der Waals surface area contributed by atoms with Crippen LogP contribution in [-0.2, 0) is 4.79 Å². The number of carboxylic acid groups (broad SMARTS) is 1. The lowest BCUT2D eigenvalue weighted by Gasteiger charge is -2.11. The molecule has 0 fully saturated rings. The molecule has 0 aromatic heterocycles. The molecule has 2 N–H and O–H groups in total. The van der Waals surface area contributed by atoms with Gasteiger partial charge in [0.15, 0.2) is 0 Å². The predicted molar refractivity (Wildman–Crippen MR) is 52.7 cm³/mol. The molecule has 0 rings (SSSR count). The van der Waals surface area contributed by atoms with Crippen LogP contribution in [0.2, 0.25) is 0 Å². The van der Waals surface area contributed by atoms with Crippen molar-refractivity contribution >= 4 is 17.7 Å². The highest BCUT2D eigenvalue weighted by Gasteiger charge is 2.14. The van der Waals surface area contributed by atoms with Crippen LogP contribution in [0.4, 0.5) is 0 Å². The Labute approximate surface area is 77.9 Å². The number of thioether (sulfide) groups is 1. The summed E-state index contributed by atoms with van der Waals surface area (Å²) in [6.07, 6.45) is 1.10. The molecule has 0 amide bonds. The summed E-state index contributed by atoms with van der Waals surface area (Å²) in [6, 6.07) is -0.383. The van der Waals surface area contributed by atoms with Gasteiger partial charge in [-0.1, -0.05) is 13.8 Å². The van der Waals surface area contributed by atoms with Crippen LogP contribution in [0.1, 0.15) is 20.3 Å². The minimum absolute atomic E-state index is 0.383. The quantitative estimate of drug-likeness (QED) is 0.594. The van der Waals surface area contributed by atoms with Crippen LogP contribution < -0.4 is 5.32 Å². The van der Waals surface area contributed by atoms with E-state index in [9.17, 15) is 4.79 Å². The van der Waals surface area contributed by atoms with Crippen molar-refractivity contribution in [1.29, 1.82) is 0 Å². The van der Waals surface area contributed by atoms with Gasteiger partial charge in [-0.2, -0.15) is 11.8 Å². The van der Waals surface area contributed by atoms with Crippen LogP contribution in [0.25, 0.3) is 0 Å². The summed E-state index contributed by atoms with van der Waals surface area (Å²) < 4.78 is 0.